The van der Waals surface area contributed by atoms with Crippen LogP contribution in [0.4, 0.5) is 4.39 Å². The highest BCUT2D eigenvalue weighted by atomic mass is 32.2. The summed E-state index contributed by atoms with van der Waals surface area (Å²) < 4.78 is 47.6. The van der Waals surface area contributed by atoms with Crippen LogP contribution in [0, 0.1) is 12.7 Å². The number of fused-ring (bicyclic) bond motifs is 1. The van der Waals surface area contributed by atoms with E-state index in [1.807, 2.05) is 6.92 Å². The predicted molar refractivity (Wildman–Crippen MR) is 119 cm³/mol. The van der Waals surface area contributed by atoms with Gasteiger partial charge >= 0.3 is 0 Å². The van der Waals surface area contributed by atoms with Gasteiger partial charge in [-0.05, 0) is 55.8 Å². The summed E-state index contributed by atoms with van der Waals surface area (Å²) >= 11 is 1.27. The second-order valence-electron chi connectivity index (χ2n) is 7.27. The molecular formula is C22H23FN2O4S2. The van der Waals surface area contributed by atoms with Gasteiger partial charge in [-0.3, -0.25) is 4.79 Å². The molecule has 1 aromatic heterocycles. The SMILES string of the molecule is CCOc1ccc(S(=O)(=O)N2CCN(C(=O)c3sc4cccc(F)c4c3C)CC2)cc1. The van der Waals surface area contributed by atoms with Gasteiger partial charge in [0.15, 0.2) is 0 Å². The van der Waals surface area contributed by atoms with Crippen LogP contribution >= 0.6 is 11.3 Å². The first-order valence-electron chi connectivity index (χ1n) is 10.0. The van der Waals surface area contributed by atoms with Crippen LogP contribution in [-0.2, 0) is 10.0 Å². The number of aryl methyl sites for hydroxylation is 1. The maximum atomic E-state index is 14.2. The molecule has 9 heteroatoms. The Balaban J connectivity index is 1.47. The van der Waals surface area contributed by atoms with Crippen molar-refractivity contribution in [2.75, 3.05) is 32.8 Å². The zero-order valence-electron chi connectivity index (χ0n) is 17.3. The lowest BCUT2D eigenvalue weighted by molar-refractivity contribution is 0.0702. The molecule has 0 atom stereocenters. The van der Waals surface area contributed by atoms with Crippen LogP contribution in [0.3, 0.4) is 0 Å². The molecule has 2 aromatic carbocycles. The Morgan fingerprint density at radius 1 is 1.10 bits per heavy atom. The fraction of sp³-hybridized carbons (Fsp3) is 0.318. The molecule has 0 bridgehead atoms. The number of hydrogen-bond acceptors (Lipinski definition) is 5. The van der Waals surface area contributed by atoms with Crippen LogP contribution in [0.25, 0.3) is 10.1 Å². The molecule has 1 saturated heterocycles. The summed E-state index contributed by atoms with van der Waals surface area (Å²) in [5.41, 5.74) is 0.632. The number of halogens is 1. The summed E-state index contributed by atoms with van der Waals surface area (Å²) in [6, 6.07) is 11.2. The van der Waals surface area contributed by atoms with Crippen LogP contribution in [0.5, 0.6) is 5.75 Å². The Hall–Kier alpha value is -2.49. The minimum atomic E-state index is -3.65. The largest absolute Gasteiger partial charge is 0.494 e. The minimum absolute atomic E-state index is 0.184. The molecule has 1 fully saturated rings. The first-order chi connectivity index (χ1) is 14.8. The molecule has 4 rings (SSSR count). The Morgan fingerprint density at radius 2 is 1.77 bits per heavy atom. The van der Waals surface area contributed by atoms with E-state index in [9.17, 15) is 17.6 Å². The van der Waals surface area contributed by atoms with Gasteiger partial charge in [0.05, 0.1) is 16.4 Å². The van der Waals surface area contributed by atoms with E-state index in [0.29, 0.717) is 28.2 Å². The number of carbonyl (C=O) groups excluding carboxylic acids is 1. The number of rotatable bonds is 5. The lowest BCUT2D eigenvalue weighted by Crippen LogP contribution is -2.50. The van der Waals surface area contributed by atoms with Gasteiger partial charge in [0, 0.05) is 36.3 Å². The smallest absolute Gasteiger partial charge is 0.264 e. The molecule has 0 unspecified atom stereocenters. The highest BCUT2D eigenvalue weighted by Crippen LogP contribution is 2.33. The molecule has 0 radical (unpaired) electrons. The van der Waals surface area contributed by atoms with Gasteiger partial charge in [-0.2, -0.15) is 4.31 Å². The van der Waals surface area contributed by atoms with E-state index in [1.165, 1.54) is 33.8 Å². The van der Waals surface area contributed by atoms with Crippen LogP contribution in [0.2, 0.25) is 0 Å². The van der Waals surface area contributed by atoms with Gasteiger partial charge in [-0.15, -0.1) is 11.3 Å². The second kappa shape index (κ2) is 8.57. The van der Waals surface area contributed by atoms with Crippen molar-refractivity contribution in [1.82, 2.24) is 9.21 Å². The van der Waals surface area contributed by atoms with Crippen molar-refractivity contribution in [2.45, 2.75) is 18.7 Å². The first-order valence-corrected chi connectivity index (χ1v) is 12.3. The summed E-state index contributed by atoms with van der Waals surface area (Å²) in [7, 11) is -3.65. The highest BCUT2D eigenvalue weighted by Gasteiger charge is 2.31. The molecule has 1 aliphatic rings. The molecular weight excluding hydrogens is 439 g/mol. The Morgan fingerprint density at radius 3 is 2.39 bits per heavy atom. The molecule has 1 amide bonds. The fourth-order valence-electron chi connectivity index (χ4n) is 3.76. The van der Waals surface area contributed by atoms with Gasteiger partial charge in [0.2, 0.25) is 10.0 Å². The second-order valence-corrected chi connectivity index (χ2v) is 10.3. The molecule has 0 saturated carbocycles. The van der Waals surface area contributed by atoms with E-state index >= 15 is 0 Å². The minimum Gasteiger partial charge on any atom is -0.494 e. The van der Waals surface area contributed by atoms with Crippen molar-refractivity contribution in [1.29, 1.82) is 0 Å². The van der Waals surface area contributed by atoms with Crippen LogP contribution in [0.15, 0.2) is 47.4 Å². The van der Waals surface area contributed by atoms with Gasteiger partial charge < -0.3 is 9.64 Å². The van der Waals surface area contributed by atoms with Crippen molar-refractivity contribution in [3.05, 3.63) is 58.7 Å². The van der Waals surface area contributed by atoms with Crippen molar-refractivity contribution < 1.29 is 22.3 Å². The maximum Gasteiger partial charge on any atom is 0.264 e. The number of piperazine rings is 1. The Labute approximate surface area is 184 Å². The van der Waals surface area contributed by atoms with Crippen LogP contribution in [0.1, 0.15) is 22.2 Å². The predicted octanol–water partition coefficient (Wildman–Crippen LogP) is 3.89. The van der Waals surface area contributed by atoms with E-state index in [2.05, 4.69) is 0 Å². The fourth-order valence-corrected chi connectivity index (χ4v) is 6.37. The number of nitrogens with zero attached hydrogens (tertiary/aromatic N) is 2. The lowest BCUT2D eigenvalue weighted by Gasteiger charge is -2.34. The molecule has 6 nitrogen and oxygen atoms in total. The van der Waals surface area contributed by atoms with Crippen molar-refractivity contribution in [2.24, 2.45) is 0 Å². The Bertz CT molecular complexity index is 1210. The number of amides is 1. The molecule has 0 N–H and O–H groups in total. The van der Waals surface area contributed by atoms with Gasteiger partial charge in [-0.1, -0.05) is 6.07 Å². The average Bonchev–Trinajstić information content (AvgIpc) is 3.11. The first kappa shape index (κ1) is 21.7. The number of thiophene rings is 1. The number of ether oxygens (including phenoxy) is 1. The summed E-state index contributed by atoms with van der Waals surface area (Å²) in [4.78, 5) is 15.4. The maximum absolute atomic E-state index is 14.2. The van der Waals surface area contributed by atoms with Crippen molar-refractivity contribution in [3.8, 4) is 5.75 Å². The topological polar surface area (TPSA) is 66.9 Å². The summed E-state index contributed by atoms with van der Waals surface area (Å²) in [5.74, 6) is 0.0970. The third-order valence-corrected chi connectivity index (χ3v) is 8.55. The number of carbonyl (C=O) groups is 1. The lowest BCUT2D eigenvalue weighted by atomic mass is 10.1. The van der Waals surface area contributed by atoms with Gasteiger partial charge in [-0.25, -0.2) is 12.8 Å². The number of benzene rings is 2. The standard InChI is InChI=1S/C22H23FN2O4S2/c1-3-29-16-7-9-17(10-8-16)31(27,28)25-13-11-24(12-14-25)22(26)21-15(2)20-18(23)5-4-6-19(20)30-21/h4-10H,3,11-14H2,1-2H3. The quantitative estimate of drug-likeness (QED) is 0.577. The molecule has 1 aliphatic heterocycles. The zero-order valence-corrected chi connectivity index (χ0v) is 18.9. The summed E-state index contributed by atoms with van der Waals surface area (Å²) in [5, 5.41) is 0.479. The van der Waals surface area contributed by atoms with Crippen molar-refractivity contribution in [3.63, 3.8) is 0 Å². The molecule has 2 heterocycles. The van der Waals surface area contributed by atoms with Gasteiger partial charge in [0.25, 0.3) is 5.91 Å². The van der Waals surface area contributed by atoms with Gasteiger partial charge in [0.1, 0.15) is 11.6 Å². The molecule has 0 spiro atoms. The average molecular weight is 463 g/mol. The zero-order chi connectivity index (χ0) is 22.2. The van der Waals surface area contributed by atoms with E-state index < -0.39 is 10.0 Å². The van der Waals surface area contributed by atoms with Crippen molar-refractivity contribution >= 4 is 37.4 Å². The number of hydrogen-bond donors (Lipinski definition) is 0. The molecule has 0 aliphatic carbocycles. The molecule has 3 aromatic rings. The number of sulfonamides is 1. The third-order valence-electron chi connectivity index (χ3n) is 5.40. The monoisotopic (exact) mass is 462 g/mol. The normalized spacial score (nSPS) is 15.4. The van der Waals surface area contributed by atoms with E-state index in [-0.39, 0.29) is 42.8 Å². The third kappa shape index (κ3) is 4.05. The molecule has 164 valence electrons. The Kier molecular flexibility index (Phi) is 6.00. The van der Waals surface area contributed by atoms with Crippen LogP contribution < -0.4 is 4.74 Å². The van der Waals surface area contributed by atoms with E-state index in [4.69, 9.17) is 4.74 Å². The van der Waals surface area contributed by atoms with E-state index in [0.717, 1.165) is 4.70 Å². The summed E-state index contributed by atoms with van der Waals surface area (Å²) in [6.45, 7) is 5.10. The van der Waals surface area contributed by atoms with E-state index in [1.54, 1.807) is 36.1 Å². The summed E-state index contributed by atoms with van der Waals surface area (Å²) in [6.07, 6.45) is 0. The molecule has 31 heavy (non-hydrogen) atoms. The van der Waals surface area contributed by atoms with Crippen LogP contribution in [-0.4, -0.2) is 56.3 Å². The highest BCUT2D eigenvalue weighted by molar-refractivity contribution is 7.89.